The number of carbonyl (C=O) groups is 1. The second kappa shape index (κ2) is 4.40. The molecular formula is C12H10FN3O2. The van der Waals surface area contributed by atoms with Gasteiger partial charge in [0.15, 0.2) is 11.5 Å². The maximum atomic E-state index is 13.7. The number of halogens is 1. The number of nitrogen functional groups attached to an aromatic ring is 1. The fourth-order valence-corrected chi connectivity index (χ4v) is 1.51. The summed E-state index contributed by atoms with van der Waals surface area (Å²) in [5.74, 6) is -1.97. The number of aromatic nitrogens is 2. The zero-order valence-corrected chi connectivity index (χ0v) is 9.51. The molecule has 18 heavy (non-hydrogen) atoms. The Labute approximate surface area is 102 Å². The summed E-state index contributed by atoms with van der Waals surface area (Å²) >= 11 is 0. The molecule has 0 fully saturated rings. The van der Waals surface area contributed by atoms with E-state index in [1.54, 1.807) is 13.0 Å². The lowest BCUT2D eigenvalue weighted by Gasteiger charge is -2.05. The van der Waals surface area contributed by atoms with E-state index in [1.807, 2.05) is 0 Å². The number of nitrogens with two attached hydrogens (primary N) is 1. The number of aromatic carboxylic acids is 1. The monoisotopic (exact) mass is 247 g/mol. The molecule has 0 aliphatic rings. The molecule has 0 unspecified atom stereocenters. The first kappa shape index (κ1) is 12.0. The van der Waals surface area contributed by atoms with Crippen LogP contribution in [0.4, 0.5) is 10.2 Å². The summed E-state index contributed by atoms with van der Waals surface area (Å²) in [6.07, 6.45) is 1.25. The van der Waals surface area contributed by atoms with Crippen molar-refractivity contribution in [2.75, 3.05) is 5.73 Å². The summed E-state index contributed by atoms with van der Waals surface area (Å²) in [4.78, 5) is 18.4. The number of anilines is 1. The third-order valence-corrected chi connectivity index (χ3v) is 2.40. The summed E-state index contributed by atoms with van der Waals surface area (Å²) in [5, 5.41) is 8.87. The highest BCUT2D eigenvalue weighted by Crippen LogP contribution is 2.22. The summed E-state index contributed by atoms with van der Waals surface area (Å²) in [6.45, 7) is 1.75. The summed E-state index contributed by atoms with van der Waals surface area (Å²) in [5.41, 5.74) is 6.09. The molecule has 0 radical (unpaired) electrons. The zero-order chi connectivity index (χ0) is 13.3. The van der Waals surface area contributed by atoms with Crippen molar-refractivity contribution in [2.24, 2.45) is 0 Å². The van der Waals surface area contributed by atoms with Crippen molar-refractivity contribution in [1.29, 1.82) is 0 Å². The average molecular weight is 247 g/mol. The molecule has 1 heterocycles. The molecule has 92 valence electrons. The van der Waals surface area contributed by atoms with E-state index in [0.29, 0.717) is 0 Å². The Bertz CT molecular complexity index is 629. The molecule has 5 nitrogen and oxygen atoms in total. The van der Waals surface area contributed by atoms with Crippen molar-refractivity contribution >= 4 is 11.8 Å². The highest BCUT2D eigenvalue weighted by Gasteiger charge is 2.14. The lowest BCUT2D eigenvalue weighted by atomic mass is 10.1. The van der Waals surface area contributed by atoms with Gasteiger partial charge in [-0.25, -0.2) is 19.2 Å². The Morgan fingerprint density at radius 3 is 2.78 bits per heavy atom. The van der Waals surface area contributed by atoms with Crippen LogP contribution in [-0.2, 0) is 0 Å². The molecule has 6 heteroatoms. The molecule has 0 saturated carbocycles. The van der Waals surface area contributed by atoms with Gasteiger partial charge < -0.3 is 10.8 Å². The number of rotatable bonds is 2. The van der Waals surface area contributed by atoms with Gasteiger partial charge in [-0.15, -0.1) is 0 Å². The molecule has 3 N–H and O–H groups in total. The quantitative estimate of drug-likeness (QED) is 0.845. The van der Waals surface area contributed by atoms with Gasteiger partial charge in [0.2, 0.25) is 0 Å². The predicted molar refractivity (Wildman–Crippen MR) is 63.5 cm³/mol. The number of benzene rings is 1. The Hall–Kier alpha value is -2.50. The predicted octanol–water partition coefficient (Wildman–Crippen LogP) is 1.87. The third-order valence-electron chi connectivity index (χ3n) is 2.40. The highest BCUT2D eigenvalue weighted by molar-refractivity contribution is 5.90. The van der Waals surface area contributed by atoms with Crippen molar-refractivity contribution in [3.63, 3.8) is 0 Å². The largest absolute Gasteiger partial charge is 0.476 e. The van der Waals surface area contributed by atoms with E-state index in [9.17, 15) is 9.18 Å². The van der Waals surface area contributed by atoms with Crippen LogP contribution >= 0.6 is 0 Å². The molecule has 0 bridgehead atoms. The zero-order valence-electron chi connectivity index (χ0n) is 9.51. The first-order chi connectivity index (χ1) is 8.49. The maximum absolute atomic E-state index is 13.7. The topological polar surface area (TPSA) is 89.1 Å². The Morgan fingerprint density at radius 2 is 2.17 bits per heavy atom. The van der Waals surface area contributed by atoms with Crippen LogP contribution < -0.4 is 5.73 Å². The lowest BCUT2D eigenvalue weighted by Crippen LogP contribution is -2.08. The third kappa shape index (κ3) is 2.13. The van der Waals surface area contributed by atoms with Crippen molar-refractivity contribution in [1.82, 2.24) is 9.97 Å². The van der Waals surface area contributed by atoms with Crippen LogP contribution in [0.5, 0.6) is 0 Å². The van der Waals surface area contributed by atoms with Gasteiger partial charge in [0, 0.05) is 5.56 Å². The molecule has 2 aromatic rings. The summed E-state index contributed by atoms with van der Waals surface area (Å²) < 4.78 is 13.7. The molecule has 0 atom stereocenters. The van der Waals surface area contributed by atoms with Gasteiger partial charge in [-0.1, -0.05) is 6.07 Å². The Morgan fingerprint density at radius 1 is 1.44 bits per heavy atom. The van der Waals surface area contributed by atoms with Crippen molar-refractivity contribution in [3.8, 4) is 11.3 Å². The molecule has 1 aromatic heterocycles. The van der Waals surface area contributed by atoms with Crippen molar-refractivity contribution in [3.05, 3.63) is 41.5 Å². The van der Waals surface area contributed by atoms with Gasteiger partial charge in [-0.05, 0) is 24.6 Å². The SMILES string of the molecule is Cc1ccc(-c2cnc(N)c(C(=O)O)n2)c(F)c1. The minimum absolute atomic E-state index is 0.138. The first-order valence-electron chi connectivity index (χ1n) is 5.11. The standard InChI is InChI=1S/C12H10FN3O2/c1-6-2-3-7(8(13)4-6)9-5-15-11(14)10(16-9)12(17)18/h2-5H,1H3,(H2,14,15)(H,17,18). The smallest absolute Gasteiger partial charge is 0.358 e. The van der Waals surface area contributed by atoms with Crippen LogP contribution in [0.3, 0.4) is 0 Å². The summed E-state index contributed by atoms with van der Waals surface area (Å²) in [6, 6.07) is 4.57. The van der Waals surface area contributed by atoms with Crippen LogP contribution in [0.25, 0.3) is 11.3 Å². The van der Waals surface area contributed by atoms with E-state index in [2.05, 4.69) is 9.97 Å². The molecule has 0 aliphatic heterocycles. The van der Waals surface area contributed by atoms with Crippen LogP contribution in [0.2, 0.25) is 0 Å². The van der Waals surface area contributed by atoms with Gasteiger partial charge >= 0.3 is 5.97 Å². The lowest BCUT2D eigenvalue weighted by molar-refractivity contribution is 0.0691. The Balaban J connectivity index is 2.58. The van der Waals surface area contributed by atoms with Gasteiger partial charge in [0.25, 0.3) is 0 Å². The maximum Gasteiger partial charge on any atom is 0.358 e. The fraction of sp³-hybridized carbons (Fsp3) is 0.0833. The second-order valence-electron chi connectivity index (χ2n) is 3.78. The minimum Gasteiger partial charge on any atom is -0.476 e. The van der Waals surface area contributed by atoms with E-state index >= 15 is 0 Å². The van der Waals surface area contributed by atoms with Crippen LogP contribution in [0.15, 0.2) is 24.4 Å². The minimum atomic E-state index is -1.30. The number of hydrogen-bond donors (Lipinski definition) is 2. The number of carboxylic acid groups (broad SMARTS) is 1. The molecule has 0 aliphatic carbocycles. The number of carboxylic acids is 1. The molecule has 0 amide bonds. The molecule has 2 rings (SSSR count). The van der Waals surface area contributed by atoms with Crippen LogP contribution in [0, 0.1) is 12.7 Å². The number of nitrogens with zero attached hydrogens (tertiary/aromatic N) is 2. The number of aryl methyl sites for hydroxylation is 1. The van der Waals surface area contributed by atoms with Crippen LogP contribution in [-0.4, -0.2) is 21.0 Å². The number of hydrogen-bond acceptors (Lipinski definition) is 4. The fourth-order valence-electron chi connectivity index (χ4n) is 1.51. The van der Waals surface area contributed by atoms with E-state index < -0.39 is 11.8 Å². The van der Waals surface area contributed by atoms with Gasteiger partial charge in [-0.3, -0.25) is 0 Å². The molecule has 0 spiro atoms. The van der Waals surface area contributed by atoms with E-state index in [0.717, 1.165) is 5.56 Å². The normalized spacial score (nSPS) is 10.3. The van der Waals surface area contributed by atoms with E-state index in [4.69, 9.17) is 10.8 Å². The summed E-state index contributed by atoms with van der Waals surface area (Å²) in [7, 11) is 0. The molecular weight excluding hydrogens is 237 g/mol. The van der Waals surface area contributed by atoms with Crippen molar-refractivity contribution < 1.29 is 14.3 Å². The van der Waals surface area contributed by atoms with Crippen molar-refractivity contribution in [2.45, 2.75) is 6.92 Å². The average Bonchev–Trinajstić information content (AvgIpc) is 2.30. The molecule has 1 aromatic carbocycles. The van der Waals surface area contributed by atoms with E-state index in [-0.39, 0.29) is 22.8 Å². The van der Waals surface area contributed by atoms with E-state index in [1.165, 1.54) is 18.3 Å². The highest BCUT2D eigenvalue weighted by atomic mass is 19.1. The first-order valence-corrected chi connectivity index (χ1v) is 5.11. The van der Waals surface area contributed by atoms with Gasteiger partial charge in [0.1, 0.15) is 5.82 Å². The second-order valence-corrected chi connectivity index (χ2v) is 3.78. The van der Waals surface area contributed by atoms with Gasteiger partial charge in [0.05, 0.1) is 11.9 Å². The Kier molecular flexibility index (Phi) is 2.93. The van der Waals surface area contributed by atoms with Crippen LogP contribution in [0.1, 0.15) is 16.1 Å². The molecule has 0 saturated heterocycles. The van der Waals surface area contributed by atoms with Gasteiger partial charge in [-0.2, -0.15) is 0 Å².